The molecule has 1 aliphatic rings. The van der Waals surface area contributed by atoms with Gasteiger partial charge in [0.25, 0.3) is 0 Å². The minimum Gasteiger partial charge on any atom is -0.311 e. The third kappa shape index (κ3) is 4.59. The fourth-order valence-electron chi connectivity index (χ4n) is 3.88. The maximum atomic E-state index is 13.7. The Morgan fingerprint density at radius 1 is 0.867 bits per heavy atom. The molecule has 0 unspecified atom stereocenters. The molecule has 0 atom stereocenters. The molecule has 0 saturated carbocycles. The zero-order chi connectivity index (χ0) is 21.3. The van der Waals surface area contributed by atoms with Gasteiger partial charge in [0, 0.05) is 35.5 Å². The first kappa shape index (κ1) is 21.4. The smallest absolute Gasteiger partial charge is 0.128 e. The Morgan fingerprint density at radius 3 is 1.77 bits per heavy atom. The van der Waals surface area contributed by atoms with Crippen molar-refractivity contribution in [1.82, 2.24) is 4.90 Å². The highest BCUT2D eigenvalue weighted by Gasteiger charge is 2.37. The molecule has 3 aromatic carbocycles. The highest BCUT2D eigenvalue weighted by atomic mass is 35.5. The van der Waals surface area contributed by atoms with E-state index < -0.39 is 11.6 Å². The quantitative estimate of drug-likeness (QED) is 0.369. The summed E-state index contributed by atoms with van der Waals surface area (Å²) in [4.78, 5) is 2.34. The molecule has 2 nitrogen and oxygen atoms in total. The molecule has 0 N–H and O–H groups in total. The molecular weight excluding hydrogens is 445 g/mol. The normalized spacial score (nSPS) is 14.7. The minimum absolute atomic E-state index is 0.0451. The zero-order valence-corrected chi connectivity index (χ0v) is 18.6. The summed E-state index contributed by atoms with van der Waals surface area (Å²) in [6.45, 7) is 1.52. The van der Waals surface area contributed by atoms with Crippen molar-refractivity contribution in [3.05, 3.63) is 99.5 Å². The average Bonchev–Trinajstić information content (AvgIpc) is 2.68. The summed E-state index contributed by atoms with van der Waals surface area (Å²) in [5, 5.41) is 1.38. The van der Waals surface area contributed by atoms with Crippen molar-refractivity contribution in [3.63, 3.8) is 0 Å². The van der Waals surface area contributed by atoms with E-state index in [1.807, 2.05) is 59.1 Å². The molecule has 1 fully saturated rings. The molecule has 1 saturated heterocycles. The summed E-state index contributed by atoms with van der Waals surface area (Å²) < 4.78 is 29.4. The molecular formula is C23H20Cl2F2N2S. The minimum atomic E-state index is -0.569. The number of hydrogen-bond donors (Lipinski definition) is 0. The van der Waals surface area contributed by atoms with Crippen LogP contribution in [0.1, 0.15) is 17.2 Å². The van der Waals surface area contributed by atoms with Crippen molar-refractivity contribution in [3.8, 4) is 0 Å². The van der Waals surface area contributed by atoms with Gasteiger partial charge in [-0.25, -0.2) is 8.78 Å². The predicted octanol–water partition coefficient (Wildman–Crippen LogP) is 6.83. The maximum Gasteiger partial charge on any atom is 0.128 e. The first-order valence-corrected chi connectivity index (χ1v) is 11.4. The molecule has 0 spiro atoms. The fraction of sp³-hybridized carbons (Fsp3) is 0.217. The van der Waals surface area contributed by atoms with E-state index >= 15 is 0 Å². The highest BCUT2D eigenvalue weighted by Crippen LogP contribution is 2.37. The molecule has 3 aromatic rings. The molecule has 0 bridgehead atoms. The maximum absolute atomic E-state index is 13.7. The Labute approximate surface area is 189 Å². The first-order chi connectivity index (χ1) is 14.4. The average molecular weight is 465 g/mol. The molecule has 30 heavy (non-hydrogen) atoms. The summed E-state index contributed by atoms with van der Waals surface area (Å²) in [6.07, 6.45) is 1.92. The van der Waals surface area contributed by atoms with E-state index in [9.17, 15) is 8.78 Å². The second-order valence-corrected chi connectivity index (χ2v) is 8.88. The lowest BCUT2D eigenvalue weighted by molar-refractivity contribution is 0.117. The van der Waals surface area contributed by atoms with Crippen molar-refractivity contribution in [2.75, 3.05) is 23.7 Å². The van der Waals surface area contributed by atoms with Crippen molar-refractivity contribution < 1.29 is 8.78 Å². The largest absolute Gasteiger partial charge is 0.311 e. The van der Waals surface area contributed by atoms with Gasteiger partial charge in [0.05, 0.1) is 17.8 Å². The third-order valence-corrected chi connectivity index (χ3v) is 6.66. The Morgan fingerprint density at radius 2 is 1.33 bits per heavy atom. The number of nitrogens with zero attached hydrogens (tertiary/aromatic N) is 2. The topological polar surface area (TPSA) is 6.48 Å². The highest BCUT2D eigenvalue weighted by molar-refractivity contribution is 8.00. The van der Waals surface area contributed by atoms with Gasteiger partial charge in [0.15, 0.2) is 0 Å². The van der Waals surface area contributed by atoms with E-state index in [2.05, 4.69) is 4.90 Å². The van der Waals surface area contributed by atoms with Gasteiger partial charge < -0.3 is 4.31 Å². The van der Waals surface area contributed by atoms with Crippen LogP contribution in [-0.4, -0.2) is 30.3 Å². The molecule has 1 heterocycles. The first-order valence-electron chi connectivity index (χ1n) is 9.49. The van der Waals surface area contributed by atoms with Crippen LogP contribution in [0.3, 0.4) is 0 Å². The molecule has 1 aliphatic heterocycles. The number of halogens is 4. The van der Waals surface area contributed by atoms with Crippen LogP contribution in [0.5, 0.6) is 0 Å². The lowest BCUT2D eigenvalue weighted by Gasteiger charge is -2.49. The van der Waals surface area contributed by atoms with Gasteiger partial charge in [-0.3, -0.25) is 4.90 Å². The van der Waals surface area contributed by atoms with E-state index in [1.54, 1.807) is 0 Å². The van der Waals surface area contributed by atoms with Crippen LogP contribution in [0.2, 0.25) is 10.0 Å². The van der Waals surface area contributed by atoms with Gasteiger partial charge in [-0.1, -0.05) is 59.4 Å². The number of rotatable bonds is 6. The van der Waals surface area contributed by atoms with Crippen LogP contribution in [-0.2, 0) is 0 Å². The van der Waals surface area contributed by atoms with Gasteiger partial charge >= 0.3 is 0 Å². The fourth-order valence-corrected chi connectivity index (χ4v) is 4.88. The van der Waals surface area contributed by atoms with E-state index in [4.69, 9.17) is 23.2 Å². The summed E-state index contributed by atoms with van der Waals surface area (Å²) in [6, 6.07) is 19.5. The third-order valence-electron chi connectivity index (χ3n) is 5.26. The molecule has 7 heteroatoms. The monoisotopic (exact) mass is 464 g/mol. The Hall–Kier alpha value is -1.79. The van der Waals surface area contributed by atoms with Crippen molar-refractivity contribution >= 4 is 40.8 Å². The lowest BCUT2D eigenvalue weighted by atomic mass is 9.93. The zero-order valence-electron chi connectivity index (χ0n) is 16.2. The Balaban J connectivity index is 1.58. The predicted molar refractivity (Wildman–Crippen MR) is 122 cm³/mol. The van der Waals surface area contributed by atoms with Gasteiger partial charge in [-0.15, -0.1) is 0 Å². The van der Waals surface area contributed by atoms with Crippen LogP contribution in [0.25, 0.3) is 0 Å². The molecule has 0 aromatic heterocycles. The standard InChI is InChI=1S/C23H20Cl2F2N2S/c1-30-29(21-11-19(26)10-20(27)12-21)22-13-28(14-22)23(15-2-6-17(24)7-3-15)16-4-8-18(25)9-5-16/h2-12,22-23H,13-14H2,1H3. The number of anilines is 1. The van der Waals surface area contributed by atoms with Crippen molar-refractivity contribution in [1.29, 1.82) is 0 Å². The number of benzene rings is 3. The number of likely N-dealkylation sites (tertiary alicyclic amines) is 1. The molecule has 0 radical (unpaired) electrons. The van der Waals surface area contributed by atoms with Gasteiger partial charge in [-0.05, 0) is 47.5 Å². The van der Waals surface area contributed by atoms with Crippen LogP contribution >= 0.6 is 35.1 Å². The molecule has 156 valence electrons. The Bertz CT molecular complexity index is 943. The van der Waals surface area contributed by atoms with Gasteiger partial charge in [-0.2, -0.15) is 0 Å². The molecule has 0 amide bonds. The summed E-state index contributed by atoms with van der Waals surface area (Å²) >= 11 is 13.6. The number of hydrogen-bond acceptors (Lipinski definition) is 3. The van der Waals surface area contributed by atoms with Crippen LogP contribution < -0.4 is 4.31 Å². The Kier molecular flexibility index (Phi) is 6.54. The SMILES string of the molecule is CSN(c1cc(F)cc(F)c1)C1CN(C(c2ccc(Cl)cc2)c2ccc(Cl)cc2)C1. The van der Waals surface area contributed by atoms with Crippen LogP contribution in [0, 0.1) is 11.6 Å². The van der Waals surface area contributed by atoms with E-state index in [0.717, 1.165) is 30.3 Å². The van der Waals surface area contributed by atoms with E-state index in [1.165, 1.54) is 24.1 Å². The van der Waals surface area contributed by atoms with Crippen molar-refractivity contribution in [2.24, 2.45) is 0 Å². The molecule has 4 rings (SSSR count). The molecule has 0 aliphatic carbocycles. The second kappa shape index (κ2) is 9.15. The van der Waals surface area contributed by atoms with Crippen LogP contribution in [0.4, 0.5) is 14.5 Å². The van der Waals surface area contributed by atoms with Crippen LogP contribution in [0.15, 0.2) is 66.7 Å². The summed E-state index contributed by atoms with van der Waals surface area (Å²) in [5.41, 5.74) is 2.81. The summed E-state index contributed by atoms with van der Waals surface area (Å²) in [7, 11) is 0. The summed E-state index contributed by atoms with van der Waals surface area (Å²) in [5.74, 6) is -1.14. The van der Waals surface area contributed by atoms with E-state index in [0.29, 0.717) is 15.7 Å². The van der Waals surface area contributed by atoms with Crippen molar-refractivity contribution in [2.45, 2.75) is 12.1 Å². The lowest BCUT2D eigenvalue weighted by Crippen LogP contribution is -2.58. The van der Waals surface area contributed by atoms with Gasteiger partial charge in [0.1, 0.15) is 11.6 Å². The van der Waals surface area contributed by atoms with E-state index in [-0.39, 0.29) is 12.1 Å². The second-order valence-electron chi connectivity index (χ2n) is 7.25. The van der Waals surface area contributed by atoms with Gasteiger partial charge in [0.2, 0.25) is 0 Å².